The van der Waals surface area contributed by atoms with Gasteiger partial charge in [-0.3, -0.25) is 0 Å². The Bertz CT molecular complexity index is 225. The van der Waals surface area contributed by atoms with Crippen LogP contribution in [-0.4, -0.2) is 16.2 Å². The zero-order valence-corrected chi connectivity index (χ0v) is 8.56. The number of hydrogen-bond acceptors (Lipinski definition) is 3. The molecule has 0 spiro atoms. The molecule has 0 bridgehead atoms. The zero-order valence-electron chi connectivity index (χ0n) is 7.74. The molecule has 0 amide bonds. The van der Waals surface area contributed by atoms with Gasteiger partial charge in [-0.2, -0.15) is 0 Å². The van der Waals surface area contributed by atoms with Gasteiger partial charge in [-0.05, 0) is 5.41 Å². The normalized spacial score (nSPS) is 14.7. The molecule has 68 valence electrons. The third-order valence-electron chi connectivity index (χ3n) is 1.85. The van der Waals surface area contributed by atoms with E-state index in [1.807, 2.05) is 26.2 Å². The van der Waals surface area contributed by atoms with E-state index >= 15 is 0 Å². The van der Waals surface area contributed by atoms with Gasteiger partial charge in [-0.25, -0.2) is 4.98 Å². The van der Waals surface area contributed by atoms with Crippen LogP contribution < -0.4 is 0 Å². The molecular formula is C9H15NOS. The average molecular weight is 185 g/mol. The number of thiazole rings is 1. The highest BCUT2D eigenvalue weighted by Gasteiger charge is 2.22. The third-order valence-corrected chi connectivity index (χ3v) is 2.65. The highest BCUT2D eigenvalue weighted by molar-refractivity contribution is 7.09. The van der Waals surface area contributed by atoms with Gasteiger partial charge >= 0.3 is 0 Å². The van der Waals surface area contributed by atoms with Crippen LogP contribution in [0.2, 0.25) is 0 Å². The van der Waals surface area contributed by atoms with E-state index in [0.717, 1.165) is 5.01 Å². The molecule has 0 aliphatic heterocycles. The van der Waals surface area contributed by atoms with Crippen LogP contribution in [0.1, 0.15) is 25.8 Å². The minimum absolute atomic E-state index is 0.0499. The lowest BCUT2D eigenvalue weighted by Crippen LogP contribution is -2.27. The SMILES string of the molecule is CC(C)(C)C(O)Cc1nccs1. The van der Waals surface area contributed by atoms with Crippen molar-refractivity contribution in [3.05, 3.63) is 16.6 Å². The molecule has 1 rings (SSSR count). The molecule has 1 aromatic rings. The summed E-state index contributed by atoms with van der Waals surface area (Å²) in [5.74, 6) is 0. The van der Waals surface area contributed by atoms with Crippen LogP contribution in [0, 0.1) is 5.41 Å². The van der Waals surface area contributed by atoms with Crippen molar-refractivity contribution in [3.63, 3.8) is 0 Å². The van der Waals surface area contributed by atoms with Crippen molar-refractivity contribution in [2.24, 2.45) is 5.41 Å². The van der Waals surface area contributed by atoms with Crippen molar-refractivity contribution in [2.45, 2.75) is 33.3 Å². The lowest BCUT2D eigenvalue weighted by atomic mass is 9.87. The zero-order chi connectivity index (χ0) is 9.19. The molecule has 12 heavy (non-hydrogen) atoms. The highest BCUT2D eigenvalue weighted by atomic mass is 32.1. The third kappa shape index (κ3) is 2.57. The second-order valence-corrected chi connectivity index (χ2v) is 4.99. The second kappa shape index (κ2) is 3.54. The van der Waals surface area contributed by atoms with E-state index in [-0.39, 0.29) is 11.5 Å². The first-order chi connectivity index (χ1) is 5.50. The van der Waals surface area contributed by atoms with Gasteiger partial charge in [0.15, 0.2) is 0 Å². The molecule has 1 heterocycles. The van der Waals surface area contributed by atoms with Crippen molar-refractivity contribution in [3.8, 4) is 0 Å². The average Bonchev–Trinajstić information content (AvgIpc) is 2.37. The first-order valence-electron chi connectivity index (χ1n) is 4.06. The van der Waals surface area contributed by atoms with E-state index in [0.29, 0.717) is 6.42 Å². The van der Waals surface area contributed by atoms with Crippen molar-refractivity contribution < 1.29 is 5.11 Å². The van der Waals surface area contributed by atoms with Crippen molar-refractivity contribution in [1.29, 1.82) is 0 Å². The molecule has 0 fully saturated rings. The van der Waals surface area contributed by atoms with Crippen molar-refractivity contribution in [2.75, 3.05) is 0 Å². The molecule has 0 saturated heterocycles. The van der Waals surface area contributed by atoms with Gasteiger partial charge in [-0.1, -0.05) is 20.8 Å². The fraction of sp³-hybridized carbons (Fsp3) is 0.667. The minimum Gasteiger partial charge on any atom is -0.392 e. The number of aliphatic hydroxyl groups excluding tert-OH is 1. The minimum atomic E-state index is -0.302. The maximum absolute atomic E-state index is 9.72. The number of nitrogens with zero attached hydrogens (tertiary/aromatic N) is 1. The van der Waals surface area contributed by atoms with Gasteiger partial charge in [0.1, 0.15) is 0 Å². The fourth-order valence-electron chi connectivity index (χ4n) is 0.825. The lowest BCUT2D eigenvalue weighted by molar-refractivity contribution is 0.0635. The molecule has 0 radical (unpaired) electrons. The fourth-order valence-corrected chi connectivity index (χ4v) is 1.48. The van der Waals surface area contributed by atoms with Crippen LogP contribution in [0.3, 0.4) is 0 Å². The molecule has 1 N–H and O–H groups in total. The predicted molar refractivity (Wildman–Crippen MR) is 51.3 cm³/mol. The van der Waals surface area contributed by atoms with Crippen molar-refractivity contribution in [1.82, 2.24) is 4.98 Å². The maximum atomic E-state index is 9.72. The second-order valence-electron chi connectivity index (χ2n) is 4.01. The van der Waals surface area contributed by atoms with Gasteiger partial charge in [0, 0.05) is 18.0 Å². The summed E-state index contributed by atoms with van der Waals surface area (Å²) in [4.78, 5) is 4.13. The van der Waals surface area contributed by atoms with Crippen LogP contribution in [0.5, 0.6) is 0 Å². The van der Waals surface area contributed by atoms with E-state index in [2.05, 4.69) is 4.98 Å². The Kier molecular flexibility index (Phi) is 2.85. The summed E-state index contributed by atoms with van der Waals surface area (Å²) in [6.07, 6.45) is 2.14. The molecule has 3 heteroatoms. The molecule has 1 unspecified atom stereocenters. The molecular weight excluding hydrogens is 170 g/mol. The smallest absolute Gasteiger partial charge is 0.0950 e. The molecule has 0 saturated carbocycles. The Morgan fingerprint density at radius 1 is 1.58 bits per heavy atom. The highest BCUT2D eigenvalue weighted by Crippen LogP contribution is 2.22. The van der Waals surface area contributed by atoms with E-state index in [9.17, 15) is 5.11 Å². The number of hydrogen-bond donors (Lipinski definition) is 1. The molecule has 2 nitrogen and oxygen atoms in total. The quantitative estimate of drug-likeness (QED) is 0.765. The topological polar surface area (TPSA) is 33.1 Å². The Morgan fingerprint density at radius 3 is 2.67 bits per heavy atom. The van der Waals surface area contributed by atoms with Gasteiger partial charge in [0.2, 0.25) is 0 Å². The van der Waals surface area contributed by atoms with E-state index in [1.165, 1.54) is 0 Å². The summed E-state index contributed by atoms with van der Waals surface area (Å²) in [6, 6.07) is 0. The first-order valence-corrected chi connectivity index (χ1v) is 4.94. The summed E-state index contributed by atoms with van der Waals surface area (Å²) in [6.45, 7) is 6.10. The van der Waals surface area contributed by atoms with Gasteiger partial charge in [-0.15, -0.1) is 11.3 Å². The largest absolute Gasteiger partial charge is 0.392 e. The summed E-state index contributed by atoms with van der Waals surface area (Å²) in [5, 5.41) is 12.7. The Labute approximate surface area is 77.3 Å². The molecule has 0 aliphatic carbocycles. The standard InChI is InChI=1S/C9H15NOS/c1-9(2,3)7(11)6-8-10-4-5-12-8/h4-5,7,11H,6H2,1-3H3. The lowest BCUT2D eigenvalue weighted by Gasteiger charge is -2.24. The molecule has 0 aliphatic rings. The summed E-state index contributed by atoms with van der Waals surface area (Å²) >= 11 is 1.60. The summed E-state index contributed by atoms with van der Waals surface area (Å²) in [5.41, 5.74) is -0.0499. The van der Waals surface area contributed by atoms with E-state index < -0.39 is 0 Å². The Balaban J connectivity index is 2.53. The van der Waals surface area contributed by atoms with Crippen LogP contribution in [0.25, 0.3) is 0 Å². The summed E-state index contributed by atoms with van der Waals surface area (Å²) in [7, 11) is 0. The number of aromatic nitrogens is 1. The van der Waals surface area contributed by atoms with Crippen molar-refractivity contribution >= 4 is 11.3 Å². The van der Waals surface area contributed by atoms with Crippen LogP contribution in [0.4, 0.5) is 0 Å². The Morgan fingerprint density at radius 2 is 2.25 bits per heavy atom. The predicted octanol–water partition coefficient (Wildman–Crippen LogP) is 2.09. The van der Waals surface area contributed by atoms with Gasteiger partial charge in [0.05, 0.1) is 11.1 Å². The summed E-state index contributed by atoms with van der Waals surface area (Å²) < 4.78 is 0. The number of aliphatic hydroxyl groups is 1. The van der Waals surface area contributed by atoms with Gasteiger partial charge in [0.25, 0.3) is 0 Å². The molecule has 1 atom stereocenters. The van der Waals surface area contributed by atoms with Crippen LogP contribution >= 0.6 is 11.3 Å². The molecule has 1 aromatic heterocycles. The van der Waals surface area contributed by atoms with Gasteiger partial charge < -0.3 is 5.11 Å². The molecule has 0 aromatic carbocycles. The van der Waals surface area contributed by atoms with E-state index in [4.69, 9.17) is 0 Å². The van der Waals surface area contributed by atoms with E-state index in [1.54, 1.807) is 17.5 Å². The Hall–Kier alpha value is -0.410. The number of rotatable bonds is 2. The monoisotopic (exact) mass is 185 g/mol. The first kappa shape index (κ1) is 9.68. The van der Waals surface area contributed by atoms with Crippen LogP contribution in [-0.2, 0) is 6.42 Å². The van der Waals surface area contributed by atoms with Crippen LogP contribution in [0.15, 0.2) is 11.6 Å². The maximum Gasteiger partial charge on any atom is 0.0950 e.